The van der Waals surface area contributed by atoms with Gasteiger partial charge in [0.15, 0.2) is 0 Å². The second-order valence-corrected chi connectivity index (χ2v) is 6.57. The van der Waals surface area contributed by atoms with Crippen LogP contribution in [0.5, 0.6) is 0 Å². The Bertz CT molecular complexity index is 1020. The Morgan fingerprint density at radius 3 is 2.50 bits per heavy atom. The SMILES string of the molecule is c1ccc(-c2ccnc(N3CCCC3)c2-c2nc3ccccc3[nH]2)nc1. The van der Waals surface area contributed by atoms with Crippen LogP contribution in [0.4, 0.5) is 5.82 Å². The Morgan fingerprint density at radius 1 is 0.846 bits per heavy atom. The zero-order chi connectivity index (χ0) is 17.3. The topological polar surface area (TPSA) is 57.7 Å². The molecular formula is C21H19N5. The summed E-state index contributed by atoms with van der Waals surface area (Å²) in [5.74, 6) is 1.84. The van der Waals surface area contributed by atoms with Crippen molar-refractivity contribution in [1.29, 1.82) is 0 Å². The van der Waals surface area contributed by atoms with Gasteiger partial charge >= 0.3 is 0 Å². The highest BCUT2D eigenvalue weighted by atomic mass is 15.2. The van der Waals surface area contributed by atoms with Crippen LogP contribution in [0.15, 0.2) is 60.9 Å². The third kappa shape index (κ3) is 2.52. The van der Waals surface area contributed by atoms with E-state index in [9.17, 15) is 0 Å². The number of anilines is 1. The van der Waals surface area contributed by atoms with Crippen molar-refractivity contribution >= 4 is 16.9 Å². The molecular weight excluding hydrogens is 322 g/mol. The normalized spacial score (nSPS) is 14.2. The number of fused-ring (bicyclic) bond motifs is 1. The quantitative estimate of drug-likeness (QED) is 0.604. The van der Waals surface area contributed by atoms with Crippen LogP contribution < -0.4 is 4.90 Å². The van der Waals surface area contributed by atoms with Gasteiger partial charge in [-0.3, -0.25) is 4.98 Å². The van der Waals surface area contributed by atoms with Crippen LogP contribution in [0, 0.1) is 0 Å². The van der Waals surface area contributed by atoms with E-state index in [1.807, 2.05) is 54.9 Å². The molecule has 0 bridgehead atoms. The van der Waals surface area contributed by atoms with Crippen LogP contribution in [-0.2, 0) is 0 Å². The molecule has 26 heavy (non-hydrogen) atoms. The highest BCUT2D eigenvalue weighted by molar-refractivity contribution is 5.90. The van der Waals surface area contributed by atoms with E-state index < -0.39 is 0 Å². The number of hydrogen-bond donors (Lipinski definition) is 1. The van der Waals surface area contributed by atoms with Gasteiger partial charge in [0.05, 0.1) is 22.3 Å². The van der Waals surface area contributed by atoms with Crippen molar-refractivity contribution in [2.24, 2.45) is 0 Å². The van der Waals surface area contributed by atoms with Crippen LogP contribution in [0.2, 0.25) is 0 Å². The third-order valence-corrected chi connectivity index (χ3v) is 4.90. The van der Waals surface area contributed by atoms with Crippen molar-refractivity contribution in [3.63, 3.8) is 0 Å². The lowest BCUT2D eigenvalue weighted by Gasteiger charge is -2.21. The molecule has 5 heteroatoms. The molecule has 0 aliphatic carbocycles. The van der Waals surface area contributed by atoms with Crippen molar-refractivity contribution in [3.8, 4) is 22.6 Å². The molecule has 0 spiro atoms. The monoisotopic (exact) mass is 341 g/mol. The lowest BCUT2D eigenvalue weighted by Crippen LogP contribution is -2.20. The van der Waals surface area contributed by atoms with E-state index >= 15 is 0 Å². The number of nitrogens with one attached hydrogen (secondary N) is 1. The maximum atomic E-state index is 4.85. The van der Waals surface area contributed by atoms with E-state index in [-0.39, 0.29) is 0 Å². The summed E-state index contributed by atoms with van der Waals surface area (Å²) in [6.07, 6.45) is 6.11. The Morgan fingerprint density at radius 2 is 1.69 bits per heavy atom. The largest absolute Gasteiger partial charge is 0.356 e. The minimum Gasteiger partial charge on any atom is -0.356 e. The fourth-order valence-electron chi connectivity index (χ4n) is 3.66. The zero-order valence-electron chi connectivity index (χ0n) is 14.4. The number of imidazole rings is 1. The van der Waals surface area contributed by atoms with Gasteiger partial charge in [-0.1, -0.05) is 18.2 Å². The van der Waals surface area contributed by atoms with E-state index in [2.05, 4.69) is 20.9 Å². The Balaban J connectivity index is 1.77. The summed E-state index contributed by atoms with van der Waals surface area (Å²) in [4.78, 5) is 20.0. The lowest BCUT2D eigenvalue weighted by molar-refractivity contribution is 0.937. The van der Waals surface area contributed by atoms with E-state index in [0.29, 0.717) is 0 Å². The first-order valence-electron chi connectivity index (χ1n) is 9.00. The first kappa shape index (κ1) is 15.1. The Labute approximate surface area is 151 Å². The van der Waals surface area contributed by atoms with Gasteiger partial charge in [-0.2, -0.15) is 0 Å². The van der Waals surface area contributed by atoms with E-state index in [1.54, 1.807) is 0 Å². The van der Waals surface area contributed by atoms with Crippen molar-refractivity contribution in [1.82, 2.24) is 19.9 Å². The molecule has 0 amide bonds. The van der Waals surface area contributed by atoms with Gasteiger partial charge in [-0.15, -0.1) is 0 Å². The first-order valence-corrected chi connectivity index (χ1v) is 9.00. The number of hydrogen-bond acceptors (Lipinski definition) is 4. The average molecular weight is 341 g/mol. The second-order valence-electron chi connectivity index (χ2n) is 6.57. The third-order valence-electron chi connectivity index (χ3n) is 4.90. The maximum absolute atomic E-state index is 4.85. The number of para-hydroxylation sites is 2. The number of H-pyrrole nitrogens is 1. The standard InChI is InChI=1S/C21H19N5/c1-2-9-18-17(8-1)24-20(25-18)19-15(16-7-3-4-11-22-16)10-12-23-21(19)26-13-5-6-14-26/h1-4,7-12H,5-6,13-14H2,(H,24,25). The van der Waals surface area contributed by atoms with Crippen molar-refractivity contribution in [3.05, 3.63) is 60.9 Å². The molecule has 0 radical (unpaired) electrons. The zero-order valence-corrected chi connectivity index (χ0v) is 14.4. The molecule has 0 saturated carbocycles. The molecule has 1 aliphatic heterocycles. The predicted octanol–water partition coefficient (Wildman–Crippen LogP) is 4.29. The smallest absolute Gasteiger partial charge is 0.142 e. The molecule has 1 aromatic carbocycles. The molecule has 1 fully saturated rings. The van der Waals surface area contributed by atoms with Gasteiger partial charge in [0.2, 0.25) is 0 Å². The second kappa shape index (κ2) is 6.26. The fraction of sp³-hybridized carbons (Fsp3) is 0.190. The van der Waals surface area contributed by atoms with Gasteiger partial charge in [0.25, 0.3) is 0 Å². The number of nitrogens with zero attached hydrogens (tertiary/aromatic N) is 4. The van der Waals surface area contributed by atoms with Crippen molar-refractivity contribution in [2.45, 2.75) is 12.8 Å². The summed E-state index contributed by atoms with van der Waals surface area (Å²) < 4.78 is 0. The van der Waals surface area contributed by atoms with Gasteiger partial charge in [-0.25, -0.2) is 9.97 Å². The van der Waals surface area contributed by atoms with E-state index in [4.69, 9.17) is 9.97 Å². The molecule has 1 N–H and O–H groups in total. The summed E-state index contributed by atoms with van der Waals surface area (Å²) in [7, 11) is 0. The predicted molar refractivity (Wildman–Crippen MR) is 104 cm³/mol. The van der Waals surface area contributed by atoms with Crippen molar-refractivity contribution in [2.75, 3.05) is 18.0 Å². The summed E-state index contributed by atoms with van der Waals surface area (Å²) in [6.45, 7) is 2.07. The highest BCUT2D eigenvalue weighted by Gasteiger charge is 2.23. The van der Waals surface area contributed by atoms with Crippen LogP contribution >= 0.6 is 0 Å². The molecule has 4 aromatic rings. The molecule has 5 rings (SSSR count). The summed E-state index contributed by atoms with van der Waals surface area (Å²) in [6, 6.07) is 16.1. The minimum atomic E-state index is 0.849. The Kier molecular flexibility index (Phi) is 3.63. The molecule has 5 nitrogen and oxygen atoms in total. The molecule has 0 atom stereocenters. The van der Waals surface area contributed by atoms with Crippen LogP contribution in [0.1, 0.15) is 12.8 Å². The molecule has 3 aromatic heterocycles. The number of benzene rings is 1. The van der Waals surface area contributed by atoms with Gasteiger partial charge < -0.3 is 9.88 Å². The van der Waals surface area contributed by atoms with Gasteiger partial charge in [-0.05, 0) is 43.2 Å². The molecule has 1 saturated heterocycles. The van der Waals surface area contributed by atoms with Crippen LogP contribution in [0.3, 0.4) is 0 Å². The molecule has 128 valence electrons. The fourth-order valence-corrected chi connectivity index (χ4v) is 3.66. The number of rotatable bonds is 3. The summed E-state index contributed by atoms with van der Waals surface area (Å²) in [5.41, 5.74) is 5.02. The van der Waals surface area contributed by atoms with E-state index in [0.717, 1.165) is 52.6 Å². The Hall–Kier alpha value is -3.21. The van der Waals surface area contributed by atoms with Gasteiger partial charge in [0, 0.05) is 31.0 Å². The maximum Gasteiger partial charge on any atom is 0.142 e. The number of aromatic nitrogens is 4. The van der Waals surface area contributed by atoms with Crippen LogP contribution in [-0.4, -0.2) is 33.0 Å². The minimum absolute atomic E-state index is 0.849. The molecule has 0 unspecified atom stereocenters. The van der Waals surface area contributed by atoms with E-state index in [1.165, 1.54) is 12.8 Å². The highest BCUT2D eigenvalue weighted by Crippen LogP contribution is 2.37. The summed E-state index contributed by atoms with van der Waals surface area (Å²) in [5, 5.41) is 0. The first-order chi connectivity index (χ1) is 12.9. The number of pyridine rings is 2. The summed E-state index contributed by atoms with van der Waals surface area (Å²) >= 11 is 0. The van der Waals surface area contributed by atoms with Crippen LogP contribution in [0.25, 0.3) is 33.7 Å². The number of aromatic amines is 1. The lowest BCUT2D eigenvalue weighted by atomic mass is 10.0. The molecule has 1 aliphatic rings. The molecule has 4 heterocycles. The van der Waals surface area contributed by atoms with Gasteiger partial charge in [0.1, 0.15) is 11.6 Å². The average Bonchev–Trinajstić information content (AvgIpc) is 3.37. The van der Waals surface area contributed by atoms with Crippen molar-refractivity contribution < 1.29 is 0 Å².